The normalized spacial score (nSPS) is 11.6. The molecule has 0 amide bonds. The summed E-state index contributed by atoms with van der Waals surface area (Å²) in [5, 5.41) is 11.7. The van der Waals surface area contributed by atoms with Gasteiger partial charge in [0.25, 0.3) is 0 Å². The van der Waals surface area contributed by atoms with E-state index in [-0.39, 0.29) is 5.76 Å². The summed E-state index contributed by atoms with van der Waals surface area (Å²) in [4.78, 5) is 10.5. The summed E-state index contributed by atoms with van der Waals surface area (Å²) in [7, 11) is -3.13. The highest BCUT2D eigenvalue weighted by molar-refractivity contribution is 7.88. The summed E-state index contributed by atoms with van der Waals surface area (Å²) in [5.74, 6) is -0.660. The number of hydrogen-bond donors (Lipinski definition) is 3. The number of carboxylic acid groups (broad SMARTS) is 1. The molecule has 1 heterocycles. The van der Waals surface area contributed by atoms with Gasteiger partial charge in [0, 0.05) is 6.54 Å². The summed E-state index contributed by atoms with van der Waals surface area (Å²) in [6, 6.07) is 2.98. The highest BCUT2D eigenvalue weighted by Gasteiger charge is 2.08. The van der Waals surface area contributed by atoms with Gasteiger partial charge < -0.3 is 14.8 Å². The lowest BCUT2D eigenvalue weighted by Crippen LogP contribution is -2.26. The summed E-state index contributed by atoms with van der Waals surface area (Å²) < 4.78 is 28.9. The number of nitrogens with one attached hydrogen (secondary N) is 2. The third kappa shape index (κ3) is 5.80. The zero-order valence-electron chi connectivity index (χ0n) is 9.97. The Bertz CT molecular complexity index is 494. The molecule has 8 heteroatoms. The van der Waals surface area contributed by atoms with Crippen LogP contribution in [0.4, 0.5) is 0 Å². The quantitative estimate of drug-likeness (QED) is 0.577. The maximum atomic E-state index is 10.7. The van der Waals surface area contributed by atoms with Crippen LogP contribution in [0.3, 0.4) is 0 Å². The molecule has 0 unspecified atom stereocenters. The van der Waals surface area contributed by atoms with Crippen LogP contribution in [0, 0.1) is 0 Å². The molecule has 0 atom stereocenters. The Morgan fingerprint density at radius 1 is 1.39 bits per heavy atom. The van der Waals surface area contributed by atoms with E-state index >= 15 is 0 Å². The average Bonchev–Trinajstić information content (AvgIpc) is 2.70. The lowest BCUT2D eigenvalue weighted by molar-refractivity contribution is 0.0660. The Labute approximate surface area is 105 Å². The number of aromatic carboxylic acids is 1. The molecule has 1 aromatic rings. The second kappa shape index (κ2) is 6.53. The smallest absolute Gasteiger partial charge is 0.371 e. The van der Waals surface area contributed by atoms with Crippen LogP contribution < -0.4 is 10.0 Å². The minimum atomic E-state index is -3.13. The topological polar surface area (TPSA) is 109 Å². The Kier molecular flexibility index (Phi) is 5.32. The maximum absolute atomic E-state index is 10.7. The van der Waals surface area contributed by atoms with Crippen molar-refractivity contribution < 1.29 is 22.7 Å². The number of furan rings is 1. The van der Waals surface area contributed by atoms with E-state index in [9.17, 15) is 13.2 Å². The number of carboxylic acids is 1. The Balaban J connectivity index is 2.16. The highest BCUT2D eigenvalue weighted by atomic mass is 32.2. The Morgan fingerprint density at radius 3 is 2.67 bits per heavy atom. The van der Waals surface area contributed by atoms with E-state index < -0.39 is 16.0 Å². The van der Waals surface area contributed by atoms with Crippen molar-refractivity contribution in [3.8, 4) is 0 Å². The van der Waals surface area contributed by atoms with Gasteiger partial charge in [-0.05, 0) is 25.1 Å². The van der Waals surface area contributed by atoms with Crippen LogP contribution in [0.1, 0.15) is 22.7 Å². The predicted molar refractivity (Wildman–Crippen MR) is 64.8 cm³/mol. The van der Waals surface area contributed by atoms with Crippen molar-refractivity contribution in [3.05, 3.63) is 23.7 Å². The van der Waals surface area contributed by atoms with Crippen LogP contribution >= 0.6 is 0 Å². The summed E-state index contributed by atoms with van der Waals surface area (Å²) in [6.45, 7) is 1.38. The molecular weight excluding hydrogens is 260 g/mol. The fourth-order valence-corrected chi connectivity index (χ4v) is 1.79. The molecule has 7 nitrogen and oxygen atoms in total. The van der Waals surface area contributed by atoms with Crippen LogP contribution in [0.25, 0.3) is 0 Å². The van der Waals surface area contributed by atoms with Crippen LogP contribution in [-0.4, -0.2) is 38.8 Å². The third-order valence-corrected chi connectivity index (χ3v) is 2.79. The largest absolute Gasteiger partial charge is 0.475 e. The molecule has 0 aliphatic heterocycles. The van der Waals surface area contributed by atoms with Crippen molar-refractivity contribution in [2.45, 2.75) is 13.0 Å². The van der Waals surface area contributed by atoms with Gasteiger partial charge in [0.2, 0.25) is 15.8 Å². The monoisotopic (exact) mass is 276 g/mol. The van der Waals surface area contributed by atoms with Crippen LogP contribution in [0.2, 0.25) is 0 Å². The molecule has 0 aliphatic rings. The molecule has 0 aromatic carbocycles. The van der Waals surface area contributed by atoms with E-state index in [1.54, 1.807) is 6.07 Å². The molecule has 0 saturated carbocycles. The number of hydrogen-bond acceptors (Lipinski definition) is 5. The van der Waals surface area contributed by atoms with Crippen LogP contribution in [0.15, 0.2) is 16.5 Å². The molecule has 3 N–H and O–H groups in total. The third-order valence-electron chi connectivity index (χ3n) is 2.07. The highest BCUT2D eigenvalue weighted by Crippen LogP contribution is 2.07. The van der Waals surface area contributed by atoms with E-state index in [1.807, 2.05) is 0 Å². The first-order valence-electron chi connectivity index (χ1n) is 5.36. The van der Waals surface area contributed by atoms with Crippen molar-refractivity contribution in [3.63, 3.8) is 0 Å². The van der Waals surface area contributed by atoms with Gasteiger partial charge in [0.15, 0.2) is 0 Å². The van der Waals surface area contributed by atoms with E-state index in [2.05, 4.69) is 10.0 Å². The molecule has 1 rings (SSSR count). The van der Waals surface area contributed by atoms with E-state index in [1.165, 1.54) is 6.07 Å². The van der Waals surface area contributed by atoms with E-state index in [0.717, 1.165) is 6.26 Å². The maximum Gasteiger partial charge on any atom is 0.371 e. The molecule has 0 saturated heterocycles. The second-order valence-corrected chi connectivity index (χ2v) is 5.60. The first-order valence-corrected chi connectivity index (χ1v) is 7.25. The van der Waals surface area contributed by atoms with E-state index in [0.29, 0.717) is 31.8 Å². The average molecular weight is 276 g/mol. The zero-order valence-corrected chi connectivity index (χ0v) is 10.8. The molecule has 0 radical (unpaired) electrons. The summed E-state index contributed by atoms with van der Waals surface area (Å²) >= 11 is 0. The molecule has 0 spiro atoms. The fourth-order valence-electron chi connectivity index (χ4n) is 1.27. The van der Waals surface area contributed by atoms with Gasteiger partial charge in [-0.15, -0.1) is 0 Å². The first kappa shape index (κ1) is 14.7. The Hall–Kier alpha value is -1.38. The number of carbonyl (C=O) groups is 1. The summed E-state index contributed by atoms with van der Waals surface area (Å²) in [6.07, 6.45) is 1.75. The van der Waals surface area contributed by atoms with Crippen molar-refractivity contribution in [1.82, 2.24) is 10.0 Å². The number of sulfonamides is 1. The SMILES string of the molecule is CS(=O)(=O)NCCCNCc1ccc(C(=O)O)o1. The fraction of sp³-hybridized carbons (Fsp3) is 0.500. The molecule has 1 aromatic heterocycles. The summed E-state index contributed by atoms with van der Waals surface area (Å²) in [5.41, 5.74) is 0. The van der Waals surface area contributed by atoms with Crippen molar-refractivity contribution in [1.29, 1.82) is 0 Å². The van der Waals surface area contributed by atoms with E-state index in [4.69, 9.17) is 9.52 Å². The van der Waals surface area contributed by atoms with Gasteiger partial charge in [-0.1, -0.05) is 0 Å². The molecule has 18 heavy (non-hydrogen) atoms. The first-order chi connectivity index (χ1) is 8.38. The van der Waals surface area contributed by atoms with Gasteiger partial charge in [-0.3, -0.25) is 0 Å². The Morgan fingerprint density at radius 2 is 2.11 bits per heavy atom. The van der Waals surface area contributed by atoms with Gasteiger partial charge in [0.1, 0.15) is 5.76 Å². The predicted octanol–water partition coefficient (Wildman–Crippen LogP) is 0.00670. The number of rotatable bonds is 8. The minimum Gasteiger partial charge on any atom is -0.475 e. The molecule has 0 bridgehead atoms. The molecule has 0 aliphatic carbocycles. The lowest BCUT2D eigenvalue weighted by Gasteiger charge is -2.03. The van der Waals surface area contributed by atoms with Crippen molar-refractivity contribution in [2.24, 2.45) is 0 Å². The lowest BCUT2D eigenvalue weighted by atomic mass is 10.4. The van der Waals surface area contributed by atoms with Crippen LogP contribution in [-0.2, 0) is 16.6 Å². The minimum absolute atomic E-state index is 0.0921. The van der Waals surface area contributed by atoms with Gasteiger partial charge in [0.05, 0.1) is 12.8 Å². The van der Waals surface area contributed by atoms with Crippen molar-refractivity contribution >= 4 is 16.0 Å². The standard InChI is InChI=1S/C10H16N2O5S/c1-18(15,16)12-6-2-5-11-7-8-3-4-9(17-8)10(13)14/h3-4,11-12H,2,5-7H2,1H3,(H,13,14). The van der Waals surface area contributed by atoms with Gasteiger partial charge in [-0.2, -0.15) is 0 Å². The molecular formula is C10H16N2O5S. The van der Waals surface area contributed by atoms with Gasteiger partial charge in [-0.25, -0.2) is 17.9 Å². The van der Waals surface area contributed by atoms with Gasteiger partial charge >= 0.3 is 5.97 Å². The zero-order chi connectivity index (χ0) is 13.6. The second-order valence-electron chi connectivity index (χ2n) is 3.77. The van der Waals surface area contributed by atoms with Crippen molar-refractivity contribution in [2.75, 3.05) is 19.3 Å². The molecule has 102 valence electrons. The molecule has 0 fully saturated rings. The van der Waals surface area contributed by atoms with Crippen LogP contribution in [0.5, 0.6) is 0 Å².